The molecule has 3 aliphatic heterocycles. The number of halogens is 2. The van der Waals surface area contributed by atoms with Gasteiger partial charge in [-0.2, -0.15) is 8.78 Å². The number of methoxy groups -OCH3 is 2. The number of alkyl halides is 2. The Labute approximate surface area is 389 Å². The van der Waals surface area contributed by atoms with Crippen LogP contribution < -0.4 is 10.6 Å². The van der Waals surface area contributed by atoms with Crippen molar-refractivity contribution in [3.05, 3.63) is 119 Å². The lowest BCUT2D eigenvalue weighted by atomic mass is 9.98. The molecule has 0 unspecified atom stereocenters. The van der Waals surface area contributed by atoms with E-state index in [0.717, 1.165) is 6.42 Å². The number of hydrogen-bond donors (Lipinski definition) is 4. The van der Waals surface area contributed by atoms with Gasteiger partial charge in [0.2, 0.25) is 5.91 Å². The first kappa shape index (κ1) is 44.6. The van der Waals surface area contributed by atoms with Gasteiger partial charge in [-0.1, -0.05) is 74.5 Å². The third-order valence-electron chi connectivity index (χ3n) is 13.5. The van der Waals surface area contributed by atoms with Crippen molar-refractivity contribution < 1.29 is 46.9 Å². The molecule has 10 rings (SSSR count). The van der Waals surface area contributed by atoms with E-state index in [9.17, 15) is 19.2 Å². The van der Waals surface area contributed by atoms with E-state index >= 15 is 8.78 Å². The highest BCUT2D eigenvalue weighted by molar-refractivity contribution is 5.89. The van der Waals surface area contributed by atoms with Crippen molar-refractivity contribution in [2.24, 2.45) is 5.92 Å². The number of nitrogens with one attached hydrogen (secondary N) is 4. The number of imidazole rings is 2. The Kier molecular flexibility index (Phi) is 11.5. The van der Waals surface area contributed by atoms with Crippen molar-refractivity contribution >= 4 is 35.0 Å². The normalized spacial score (nSPS) is 19.8. The second kappa shape index (κ2) is 17.5. The fourth-order valence-electron chi connectivity index (χ4n) is 10.1. The number of aromatic nitrogens is 4. The number of H-pyrrole nitrogens is 2. The van der Waals surface area contributed by atoms with E-state index in [1.54, 1.807) is 58.5 Å². The van der Waals surface area contributed by atoms with Gasteiger partial charge in [0, 0.05) is 29.7 Å². The van der Waals surface area contributed by atoms with Gasteiger partial charge in [-0.15, -0.1) is 0 Å². The molecular formula is C50H50F2N8O8. The van der Waals surface area contributed by atoms with Crippen LogP contribution in [0.15, 0.2) is 91.1 Å². The second-order valence-electron chi connectivity index (χ2n) is 18.0. The van der Waals surface area contributed by atoms with Gasteiger partial charge in [0.15, 0.2) is 5.79 Å². The zero-order valence-electron chi connectivity index (χ0n) is 37.8. The molecule has 4 N–H and O–H groups in total. The van der Waals surface area contributed by atoms with Crippen molar-refractivity contribution in [3.8, 4) is 33.5 Å². The Bertz CT molecular complexity index is 2930. The fourth-order valence-corrected chi connectivity index (χ4v) is 10.1. The summed E-state index contributed by atoms with van der Waals surface area (Å²) in [5.74, 6) is -4.29. The molecule has 1 spiro atoms. The molecule has 3 fully saturated rings. The van der Waals surface area contributed by atoms with Crippen LogP contribution in [0.25, 0.3) is 44.5 Å². The Hall–Kier alpha value is -7.18. The largest absolute Gasteiger partial charge is 0.453 e. The summed E-state index contributed by atoms with van der Waals surface area (Å²) >= 11 is 0. The van der Waals surface area contributed by atoms with E-state index in [1.165, 1.54) is 26.4 Å². The average molecular weight is 929 g/mol. The smallest absolute Gasteiger partial charge is 0.407 e. The molecule has 0 radical (unpaired) electrons. The Morgan fingerprint density at radius 1 is 0.779 bits per heavy atom. The maximum absolute atomic E-state index is 16.7. The average Bonchev–Trinajstić information content (AvgIpc) is 4.23. The minimum absolute atomic E-state index is 0.108. The molecule has 5 heterocycles. The fraction of sp³-hybridized carbons (Fsp3) is 0.360. The summed E-state index contributed by atoms with van der Waals surface area (Å²) in [5, 5.41) is 5.33. The molecule has 16 nitrogen and oxygen atoms in total. The van der Waals surface area contributed by atoms with Crippen LogP contribution in [-0.4, -0.2) is 106 Å². The molecule has 6 aromatic rings. The summed E-state index contributed by atoms with van der Waals surface area (Å²) in [4.78, 5) is 72.2. The van der Waals surface area contributed by atoms with Gasteiger partial charge in [-0.25, -0.2) is 19.6 Å². The Balaban J connectivity index is 0.890. The first-order valence-electron chi connectivity index (χ1n) is 22.6. The van der Waals surface area contributed by atoms with E-state index in [-0.39, 0.29) is 47.9 Å². The molecule has 4 amide bonds. The van der Waals surface area contributed by atoms with Crippen molar-refractivity contribution in [2.75, 3.05) is 40.5 Å². The highest BCUT2D eigenvalue weighted by Gasteiger charge is 2.53. The van der Waals surface area contributed by atoms with Gasteiger partial charge in [0.05, 0.1) is 69.0 Å². The van der Waals surface area contributed by atoms with E-state index < -0.39 is 42.0 Å². The van der Waals surface area contributed by atoms with Gasteiger partial charge >= 0.3 is 12.2 Å². The third-order valence-corrected chi connectivity index (χ3v) is 13.5. The minimum atomic E-state index is -3.33. The first-order valence-corrected chi connectivity index (χ1v) is 22.6. The maximum Gasteiger partial charge on any atom is 0.407 e. The van der Waals surface area contributed by atoms with Crippen LogP contribution in [-0.2, 0) is 34.5 Å². The highest BCUT2D eigenvalue weighted by Crippen LogP contribution is 2.53. The van der Waals surface area contributed by atoms with Gasteiger partial charge in [0.1, 0.15) is 23.7 Å². The number of carbonyl (C=O) groups excluding carboxylic acids is 4. The number of aromatic amines is 2. The number of likely N-dealkylation sites (tertiary alicyclic amines) is 2. The monoisotopic (exact) mass is 928 g/mol. The lowest BCUT2D eigenvalue weighted by Crippen LogP contribution is -2.52. The number of carbonyl (C=O) groups is 4. The summed E-state index contributed by atoms with van der Waals surface area (Å²) in [5.41, 5.74) is 4.82. The number of rotatable bonds is 10. The SMILES string of the molecule is COC(=O)N[C@H](C(=O)N1CC2(C[C@H]1c1ncc(-c3ccc4c(c3)C(F)(F)c3cc(-c5ccc6nc([C@@H]7CCCN7C(=O)[C@H](NC(=O)OC)c7ccccc7)[nH]c6c5)ccc3-4)[nH]1)OCCO2)C(C)C. The Morgan fingerprint density at radius 3 is 2.15 bits per heavy atom. The summed E-state index contributed by atoms with van der Waals surface area (Å²) in [7, 11) is 2.48. The molecule has 0 bridgehead atoms. The number of fused-ring (bicyclic) bond motifs is 4. The zero-order chi connectivity index (χ0) is 47.5. The van der Waals surface area contributed by atoms with Gasteiger partial charge in [-0.3, -0.25) is 9.59 Å². The maximum atomic E-state index is 16.7. The van der Waals surface area contributed by atoms with E-state index in [0.29, 0.717) is 87.9 Å². The van der Waals surface area contributed by atoms with Crippen LogP contribution in [0.5, 0.6) is 0 Å². The van der Waals surface area contributed by atoms with Crippen molar-refractivity contribution in [1.29, 1.82) is 0 Å². The molecule has 2 aromatic heterocycles. The predicted octanol–water partition coefficient (Wildman–Crippen LogP) is 7.90. The molecule has 4 atom stereocenters. The van der Waals surface area contributed by atoms with Gasteiger partial charge in [-0.05, 0) is 70.8 Å². The molecule has 4 aromatic carbocycles. The van der Waals surface area contributed by atoms with E-state index in [1.807, 2.05) is 44.2 Å². The van der Waals surface area contributed by atoms with Crippen LogP contribution >= 0.6 is 0 Å². The van der Waals surface area contributed by atoms with Crippen LogP contribution in [0.3, 0.4) is 0 Å². The van der Waals surface area contributed by atoms with Crippen molar-refractivity contribution in [1.82, 2.24) is 40.4 Å². The van der Waals surface area contributed by atoms with Crippen LogP contribution in [0.4, 0.5) is 18.4 Å². The topological polar surface area (TPSA) is 193 Å². The quantitative estimate of drug-likeness (QED) is 0.105. The number of ether oxygens (including phenoxy) is 4. The number of hydrogen-bond acceptors (Lipinski definition) is 10. The zero-order valence-corrected chi connectivity index (χ0v) is 37.8. The number of amides is 4. The first-order chi connectivity index (χ1) is 32.8. The number of benzene rings is 4. The molecule has 3 saturated heterocycles. The van der Waals surface area contributed by atoms with Crippen LogP contribution in [0, 0.1) is 5.92 Å². The van der Waals surface area contributed by atoms with Crippen molar-refractivity contribution in [2.45, 2.75) is 69.0 Å². The van der Waals surface area contributed by atoms with E-state index in [2.05, 4.69) is 25.6 Å². The molecule has 0 saturated carbocycles. The lowest BCUT2D eigenvalue weighted by Gasteiger charge is -2.30. The van der Waals surface area contributed by atoms with Gasteiger partial charge < -0.3 is 49.3 Å². The van der Waals surface area contributed by atoms with Crippen LogP contribution in [0.2, 0.25) is 0 Å². The molecule has 1 aliphatic carbocycles. The van der Waals surface area contributed by atoms with Gasteiger partial charge in [0.25, 0.3) is 11.8 Å². The van der Waals surface area contributed by atoms with Crippen molar-refractivity contribution in [3.63, 3.8) is 0 Å². The summed E-state index contributed by atoms with van der Waals surface area (Å²) in [6.45, 7) is 4.94. The third kappa shape index (κ3) is 7.90. The van der Waals surface area contributed by atoms with Crippen LogP contribution in [0.1, 0.15) is 79.6 Å². The number of nitrogens with zero attached hydrogens (tertiary/aromatic N) is 4. The standard InChI is InChI=1S/C50H50F2N8O8/c1-27(2)41(57-47(63)65-3)45(61)60-26-49(67-19-20-68-49)24-40(60)43-53-25-38(56-43)31-13-16-33-32-15-12-29(21-34(32)50(51,52)35(33)22-31)30-14-17-36-37(23-30)55-44(54-36)39-11-8-18-59(39)46(62)42(58-48(64)66-4)28-9-6-5-7-10-28/h5-7,9-10,12-17,21-23,25,27,39-42H,8,11,18-20,24,26H2,1-4H3,(H,53,56)(H,54,55)(H,57,63)(H,58,64)/t39-,40-,41-,42+/m0/s1. The summed E-state index contributed by atoms with van der Waals surface area (Å²) < 4.78 is 55.1. The van der Waals surface area contributed by atoms with E-state index in [4.69, 9.17) is 23.9 Å². The molecule has 68 heavy (non-hydrogen) atoms. The number of alkyl carbamates (subject to hydrolysis) is 2. The summed E-state index contributed by atoms with van der Waals surface area (Å²) in [6, 6.07) is 21.7. The molecule has 18 heteroatoms. The lowest BCUT2D eigenvalue weighted by molar-refractivity contribution is -0.153. The minimum Gasteiger partial charge on any atom is -0.453 e. The molecule has 352 valence electrons. The second-order valence-corrected chi connectivity index (χ2v) is 18.0. The predicted molar refractivity (Wildman–Crippen MR) is 244 cm³/mol. The Morgan fingerprint density at radius 2 is 1.44 bits per heavy atom. The molecule has 4 aliphatic rings. The highest BCUT2D eigenvalue weighted by atomic mass is 19.3. The summed E-state index contributed by atoms with van der Waals surface area (Å²) in [6.07, 6.45) is 1.78. The molecular weight excluding hydrogens is 879 g/mol.